The van der Waals surface area contributed by atoms with E-state index in [1.165, 1.54) is 6.07 Å². The molecular weight excluding hydrogens is 170 g/mol. The van der Waals surface area contributed by atoms with Crippen molar-refractivity contribution in [1.29, 1.82) is 0 Å². The highest BCUT2D eigenvalue weighted by molar-refractivity contribution is 6.42. The summed E-state index contributed by atoms with van der Waals surface area (Å²) in [6.07, 6.45) is 0. The summed E-state index contributed by atoms with van der Waals surface area (Å²) in [6.45, 7) is 0. The molecule has 1 aliphatic rings. The Hall–Kier alpha value is -2.04. The van der Waals surface area contributed by atoms with Crippen LogP contribution >= 0.6 is 0 Å². The lowest BCUT2D eigenvalue weighted by molar-refractivity contribution is -0.135. The van der Waals surface area contributed by atoms with E-state index in [2.05, 4.69) is 10.6 Å². The van der Waals surface area contributed by atoms with Crippen LogP contribution in [0.15, 0.2) is 18.2 Å². The molecule has 0 saturated heterocycles. The molecule has 1 aromatic carbocycles. The predicted octanol–water partition coefficient (Wildman–Crippen LogP) is -0.0166. The first-order chi connectivity index (χ1) is 6.16. The molecule has 5 heteroatoms. The van der Waals surface area contributed by atoms with E-state index in [1.54, 1.807) is 12.1 Å². The highest BCUT2D eigenvalue weighted by Gasteiger charge is 2.24. The van der Waals surface area contributed by atoms with Crippen LogP contribution in [-0.4, -0.2) is 11.8 Å². The fourth-order valence-corrected chi connectivity index (χ4v) is 1.08. The highest BCUT2D eigenvalue weighted by atomic mass is 16.2. The SMILES string of the molecule is Nc1ccc2c(c1)[N]C(=O)C(=O)N2. The van der Waals surface area contributed by atoms with Gasteiger partial charge >= 0.3 is 11.8 Å². The molecule has 1 aromatic rings. The van der Waals surface area contributed by atoms with Crippen LogP contribution in [0.5, 0.6) is 0 Å². The van der Waals surface area contributed by atoms with Crippen LogP contribution in [0.4, 0.5) is 17.1 Å². The number of nitrogens with zero attached hydrogens (tertiary/aromatic N) is 1. The molecule has 0 fully saturated rings. The standard InChI is InChI=1S/C8H6N3O2/c9-4-1-2-5-6(3-4)11-8(13)7(12)10-5/h1-3H,9H2,(H,10,12). The van der Waals surface area contributed by atoms with Gasteiger partial charge in [0.25, 0.3) is 0 Å². The van der Waals surface area contributed by atoms with E-state index in [0.717, 1.165) is 0 Å². The number of anilines is 2. The van der Waals surface area contributed by atoms with E-state index in [-0.39, 0.29) is 0 Å². The largest absolute Gasteiger partial charge is 0.399 e. The monoisotopic (exact) mass is 176 g/mol. The number of benzene rings is 1. The van der Waals surface area contributed by atoms with E-state index in [1.807, 2.05) is 0 Å². The van der Waals surface area contributed by atoms with E-state index in [9.17, 15) is 9.59 Å². The average Bonchev–Trinajstić information content (AvgIpc) is 2.08. The first-order valence-corrected chi connectivity index (χ1v) is 3.63. The Morgan fingerprint density at radius 1 is 1.31 bits per heavy atom. The van der Waals surface area contributed by atoms with Gasteiger partial charge in [0.15, 0.2) is 0 Å². The maximum absolute atomic E-state index is 10.9. The lowest BCUT2D eigenvalue weighted by Gasteiger charge is -2.14. The lowest BCUT2D eigenvalue weighted by Crippen LogP contribution is -2.33. The fraction of sp³-hybridized carbons (Fsp3) is 0. The Kier molecular flexibility index (Phi) is 1.45. The number of hydrogen-bond acceptors (Lipinski definition) is 3. The van der Waals surface area contributed by atoms with Crippen LogP contribution in [0.3, 0.4) is 0 Å². The van der Waals surface area contributed by atoms with Crippen molar-refractivity contribution in [2.45, 2.75) is 0 Å². The predicted molar refractivity (Wildman–Crippen MR) is 46.3 cm³/mol. The molecule has 3 N–H and O–H groups in total. The quantitative estimate of drug-likeness (QED) is 0.430. The van der Waals surface area contributed by atoms with Gasteiger partial charge in [-0.2, -0.15) is 0 Å². The van der Waals surface area contributed by atoms with Gasteiger partial charge in [0, 0.05) is 5.69 Å². The van der Waals surface area contributed by atoms with Gasteiger partial charge in [-0.15, -0.1) is 0 Å². The first kappa shape index (κ1) is 7.60. The minimum atomic E-state index is -0.793. The summed E-state index contributed by atoms with van der Waals surface area (Å²) in [5.41, 5.74) is 6.90. The Bertz CT molecular complexity index is 400. The van der Waals surface area contributed by atoms with Crippen molar-refractivity contribution in [1.82, 2.24) is 5.32 Å². The van der Waals surface area contributed by atoms with E-state index in [0.29, 0.717) is 17.1 Å². The average molecular weight is 176 g/mol. The van der Waals surface area contributed by atoms with E-state index >= 15 is 0 Å². The molecule has 1 heterocycles. The van der Waals surface area contributed by atoms with Crippen LogP contribution in [0.2, 0.25) is 0 Å². The smallest absolute Gasteiger partial charge is 0.335 e. The number of hydrogen-bond donors (Lipinski definition) is 2. The van der Waals surface area contributed by atoms with Gasteiger partial charge in [-0.25, -0.2) is 5.32 Å². The number of amides is 2. The van der Waals surface area contributed by atoms with Gasteiger partial charge in [0.05, 0.1) is 11.4 Å². The zero-order valence-corrected chi connectivity index (χ0v) is 6.57. The summed E-state index contributed by atoms with van der Waals surface area (Å²) in [6, 6.07) is 4.77. The Morgan fingerprint density at radius 3 is 2.85 bits per heavy atom. The molecule has 5 nitrogen and oxygen atoms in total. The van der Waals surface area contributed by atoms with Crippen LogP contribution in [0.25, 0.3) is 0 Å². The Balaban J connectivity index is 2.48. The second kappa shape index (κ2) is 2.48. The summed E-state index contributed by atoms with van der Waals surface area (Å²) in [4.78, 5) is 21.7. The maximum Gasteiger partial charge on any atom is 0.335 e. The van der Waals surface area contributed by atoms with Crippen molar-refractivity contribution in [3.8, 4) is 0 Å². The highest BCUT2D eigenvalue weighted by Crippen LogP contribution is 2.26. The van der Waals surface area contributed by atoms with Gasteiger partial charge in [0.1, 0.15) is 0 Å². The summed E-state index contributed by atoms with van der Waals surface area (Å²) < 4.78 is 0. The molecule has 13 heavy (non-hydrogen) atoms. The molecule has 2 rings (SSSR count). The van der Waals surface area contributed by atoms with Crippen molar-refractivity contribution in [2.24, 2.45) is 0 Å². The minimum Gasteiger partial charge on any atom is -0.399 e. The fourth-order valence-electron chi connectivity index (χ4n) is 1.08. The van der Waals surface area contributed by atoms with Crippen LogP contribution in [-0.2, 0) is 9.59 Å². The van der Waals surface area contributed by atoms with Crippen LogP contribution < -0.4 is 16.4 Å². The maximum atomic E-state index is 10.9. The number of nitrogen functional groups attached to an aromatic ring is 1. The number of carbonyl (C=O) groups is 2. The normalized spacial score (nSPS) is 14.5. The molecule has 0 aromatic heterocycles. The van der Waals surface area contributed by atoms with Crippen molar-refractivity contribution in [2.75, 3.05) is 11.1 Å². The minimum absolute atomic E-state index is 0.407. The molecule has 1 radical (unpaired) electrons. The zero-order valence-electron chi connectivity index (χ0n) is 6.57. The van der Waals surface area contributed by atoms with Gasteiger partial charge < -0.3 is 11.1 Å². The van der Waals surface area contributed by atoms with Crippen LogP contribution in [0.1, 0.15) is 0 Å². The van der Waals surface area contributed by atoms with Gasteiger partial charge in [-0.3, -0.25) is 9.59 Å². The second-order valence-electron chi connectivity index (χ2n) is 2.65. The third-order valence-corrected chi connectivity index (χ3v) is 1.69. The first-order valence-electron chi connectivity index (χ1n) is 3.63. The molecule has 1 aliphatic heterocycles. The molecule has 0 saturated carbocycles. The lowest BCUT2D eigenvalue weighted by atomic mass is 10.2. The number of nitrogens with two attached hydrogens (primary N) is 1. The molecule has 2 amide bonds. The zero-order chi connectivity index (χ0) is 9.42. The molecule has 0 spiro atoms. The molecular formula is C8H6N3O2. The van der Waals surface area contributed by atoms with Gasteiger partial charge in [0.2, 0.25) is 0 Å². The van der Waals surface area contributed by atoms with Gasteiger partial charge in [-0.1, -0.05) is 0 Å². The van der Waals surface area contributed by atoms with Crippen molar-refractivity contribution < 1.29 is 9.59 Å². The van der Waals surface area contributed by atoms with Crippen LogP contribution in [0, 0.1) is 0 Å². The summed E-state index contributed by atoms with van der Waals surface area (Å²) in [5, 5.41) is 5.96. The summed E-state index contributed by atoms with van der Waals surface area (Å²) in [5.74, 6) is -1.50. The second-order valence-corrected chi connectivity index (χ2v) is 2.65. The number of nitrogens with one attached hydrogen (secondary N) is 1. The molecule has 0 bridgehead atoms. The van der Waals surface area contributed by atoms with Crippen molar-refractivity contribution in [3.05, 3.63) is 18.2 Å². The third kappa shape index (κ3) is 1.20. The van der Waals surface area contributed by atoms with Crippen molar-refractivity contribution >= 4 is 28.9 Å². The van der Waals surface area contributed by atoms with E-state index in [4.69, 9.17) is 5.73 Å². The topological polar surface area (TPSA) is 86.3 Å². The molecule has 0 aliphatic carbocycles. The van der Waals surface area contributed by atoms with Gasteiger partial charge in [-0.05, 0) is 18.2 Å². The Morgan fingerprint density at radius 2 is 2.08 bits per heavy atom. The number of fused-ring (bicyclic) bond motifs is 1. The number of carbonyl (C=O) groups excluding carboxylic acids is 2. The summed E-state index contributed by atoms with van der Waals surface area (Å²) in [7, 11) is 0. The Labute approximate surface area is 73.9 Å². The molecule has 0 atom stereocenters. The molecule has 65 valence electrons. The van der Waals surface area contributed by atoms with Crippen molar-refractivity contribution in [3.63, 3.8) is 0 Å². The van der Waals surface area contributed by atoms with E-state index < -0.39 is 11.8 Å². The third-order valence-electron chi connectivity index (χ3n) is 1.69. The number of rotatable bonds is 0. The molecule has 0 unspecified atom stereocenters. The summed E-state index contributed by atoms with van der Waals surface area (Å²) >= 11 is 0.